The molecule has 1 atom stereocenters. The first kappa shape index (κ1) is 13.3. The molecule has 100 valence electrons. The summed E-state index contributed by atoms with van der Waals surface area (Å²) in [5.41, 5.74) is 0.504. The van der Waals surface area contributed by atoms with Gasteiger partial charge in [0.1, 0.15) is 0 Å². The fourth-order valence-corrected chi connectivity index (χ4v) is 3.17. The molecule has 0 spiro atoms. The third-order valence-electron chi connectivity index (χ3n) is 4.37. The Kier molecular flexibility index (Phi) is 4.83. The molecule has 0 aliphatic carbocycles. The first-order valence-corrected chi connectivity index (χ1v) is 7.15. The van der Waals surface area contributed by atoms with Gasteiger partial charge in [-0.25, -0.2) is 0 Å². The zero-order valence-corrected chi connectivity index (χ0v) is 11.5. The van der Waals surface area contributed by atoms with Gasteiger partial charge in [0.25, 0.3) is 0 Å². The summed E-state index contributed by atoms with van der Waals surface area (Å²) in [6.45, 7) is 9.26. The molecule has 3 nitrogen and oxygen atoms in total. The van der Waals surface area contributed by atoms with Crippen LogP contribution in [0.1, 0.15) is 32.6 Å². The van der Waals surface area contributed by atoms with Gasteiger partial charge in [0, 0.05) is 26.3 Å². The van der Waals surface area contributed by atoms with Gasteiger partial charge in [-0.2, -0.15) is 0 Å². The van der Waals surface area contributed by atoms with E-state index < -0.39 is 0 Å². The van der Waals surface area contributed by atoms with Crippen LogP contribution in [0.25, 0.3) is 0 Å². The summed E-state index contributed by atoms with van der Waals surface area (Å²) in [6, 6.07) is 0. The van der Waals surface area contributed by atoms with Crippen LogP contribution in [-0.4, -0.2) is 51.3 Å². The minimum atomic E-state index is 0.504. The van der Waals surface area contributed by atoms with Crippen LogP contribution in [0.3, 0.4) is 0 Å². The second kappa shape index (κ2) is 6.17. The highest BCUT2D eigenvalue weighted by molar-refractivity contribution is 4.86. The molecule has 2 aliphatic heterocycles. The van der Waals surface area contributed by atoms with Crippen molar-refractivity contribution in [1.29, 1.82) is 0 Å². The van der Waals surface area contributed by atoms with Gasteiger partial charge in [-0.1, -0.05) is 6.92 Å². The number of ether oxygens (including phenoxy) is 1. The monoisotopic (exact) mass is 240 g/mol. The molecule has 17 heavy (non-hydrogen) atoms. The highest BCUT2D eigenvalue weighted by Crippen LogP contribution is 2.26. The van der Waals surface area contributed by atoms with Gasteiger partial charge in [0.2, 0.25) is 0 Å². The molecule has 2 heterocycles. The zero-order valence-electron chi connectivity index (χ0n) is 11.5. The molecule has 2 rings (SSSR count). The molecule has 0 aromatic heterocycles. The molecule has 2 saturated heterocycles. The Morgan fingerprint density at radius 2 is 2.12 bits per heavy atom. The zero-order chi connectivity index (χ0) is 12.1. The normalized spacial score (nSPS) is 31.2. The highest BCUT2D eigenvalue weighted by atomic mass is 16.5. The van der Waals surface area contributed by atoms with E-state index in [2.05, 4.69) is 24.2 Å². The van der Waals surface area contributed by atoms with Gasteiger partial charge in [0.15, 0.2) is 0 Å². The Balaban J connectivity index is 1.64. The molecule has 1 unspecified atom stereocenters. The molecule has 3 heteroatoms. The fraction of sp³-hybridized carbons (Fsp3) is 1.00. The number of hydrogen-bond acceptors (Lipinski definition) is 3. The van der Waals surface area contributed by atoms with Crippen molar-refractivity contribution in [3.05, 3.63) is 0 Å². The van der Waals surface area contributed by atoms with Gasteiger partial charge in [-0.15, -0.1) is 0 Å². The molecular weight excluding hydrogens is 212 g/mol. The summed E-state index contributed by atoms with van der Waals surface area (Å²) in [6.07, 6.45) is 5.22. The van der Waals surface area contributed by atoms with Crippen molar-refractivity contribution in [3.63, 3.8) is 0 Å². The van der Waals surface area contributed by atoms with E-state index in [4.69, 9.17) is 4.74 Å². The topological polar surface area (TPSA) is 24.5 Å². The third-order valence-corrected chi connectivity index (χ3v) is 4.37. The molecule has 2 fully saturated rings. The van der Waals surface area contributed by atoms with Crippen molar-refractivity contribution in [1.82, 2.24) is 10.2 Å². The summed E-state index contributed by atoms with van der Waals surface area (Å²) in [4.78, 5) is 2.53. The standard InChI is InChI=1S/C14H28N2O/c1-14(6-7-15-11-14)12-16(2)8-3-13-4-9-17-10-5-13/h13,15H,3-12H2,1-2H3. The summed E-state index contributed by atoms with van der Waals surface area (Å²) in [7, 11) is 2.28. The number of nitrogens with one attached hydrogen (secondary N) is 1. The van der Waals surface area contributed by atoms with Crippen LogP contribution >= 0.6 is 0 Å². The van der Waals surface area contributed by atoms with E-state index >= 15 is 0 Å². The fourth-order valence-electron chi connectivity index (χ4n) is 3.17. The average molecular weight is 240 g/mol. The molecule has 0 bridgehead atoms. The minimum absolute atomic E-state index is 0.504. The molecule has 2 aliphatic rings. The first-order chi connectivity index (χ1) is 8.18. The molecule has 0 radical (unpaired) electrons. The molecule has 0 aromatic carbocycles. The van der Waals surface area contributed by atoms with E-state index in [9.17, 15) is 0 Å². The lowest BCUT2D eigenvalue weighted by atomic mass is 9.89. The maximum atomic E-state index is 5.41. The average Bonchev–Trinajstić information content (AvgIpc) is 2.74. The van der Waals surface area contributed by atoms with Crippen LogP contribution < -0.4 is 5.32 Å². The second-order valence-corrected chi connectivity index (χ2v) is 6.32. The van der Waals surface area contributed by atoms with Crippen LogP contribution in [0, 0.1) is 11.3 Å². The summed E-state index contributed by atoms with van der Waals surface area (Å²) < 4.78 is 5.41. The van der Waals surface area contributed by atoms with Crippen molar-refractivity contribution in [2.24, 2.45) is 11.3 Å². The van der Waals surface area contributed by atoms with E-state index in [1.54, 1.807) is 0 Å². The predicted molar refractivity (Wildman–Crippen MR) is 71.3 cm³/mol. The Morgan fingerprint density at radius 1 is 1.35 bits per heavy atom. The highest BCUT2D eigenvalue weighted by Gasteiger charge is 2.29. The van der Waals surface area contributed by atoms with Crippen LogP contribution in [0.4, 0.5) is 0 Å². The van der Waals surface area contributed by atoms with Gasteiger partial charge in [-0.05, 0) is 57.2 Å². The van der Waals surface area contributed by atoms with Crippen molar-refractivity contribution in [2.75, 3.05) is 46.4 Å². The third kappa shape index (κ3) is 4.23. The largest absolute Gasteiger partial charge is 0.381 e. The van der Waals surface area contributed by atoms with Crippen molar-refractivity contribution < 1.29 is 4.74 Å². The Hall–Kier alpha value is -0.120. The second-order valence-electron chi connectivity index (χ2n) is 6.32. The van der Waals surface area contributed by atoms with Gasteiger partial charge >= 0.3 is 0 Å². The SMILES string of the molecule is CN(CCC1CCOCC1)CC1(C)CCNC1. The Bertz CT molecular complexity index is 220. The van der Waals surface area contributed by atoms with Crippen molar-refractivity contribution >= 4 is 0 Å². The lowest BCUT2D eigenvalue weighted by Gasteiger charge is -2.31. The summed E-state index contributed by atoms with van der Waals surface area (Å²) in [5.74, 6) is 0.903. The predicted octanol–water partition coefficient (Wildman–Crippen LogP) is 1.73. The summed E-state index contributed by atoms with van der Waals surface area (Å²) in [5, 5.41) is 3.48. The van der Waals surface area contributed by atoms with Crippen LogP contribution in [-0.2, 0) is 4.74 Å². The van der Waals surface area contributed by atoms with E-state index in [0.717, 1.165) is 19.1 Å². The number of hydrogen-bond donors (Lipinski definition) is 1. The molecule has 0 aromatic rings. The van der Waals surface area contributed by atoms with E-state index in [1.807, 2.05) is 0 Å². The van der Waals surface area contributed by atoms with Gasteiger partial charge in [-0.3, -0.25) is 0 Å². The quantitative estimate of drug-likeness (QED) is 0.792. The number of rotatable bonds is 5. The first-order valence-electron chi connectivity index (χ1n) is 7.15. The lowest BCUT2D eigenvalue weighted by molar-refractivity contribution is 0.0596. The number of nitrogens with zero attached hydrogens (tertiary/aromatic N) is 1. The molecule has 0 saturated carbocycles. The smallest absolute Gasteiger partial charge is 0.0468 e. The van der Waals surface area contributed by atoms with Crippen molar-refractivity contribution in [3.8, 4) is 0 Å². The Morgan fingerprint density at radius 3 is 2.76 bits per heavy atom. The molecule has 1 N–H and O–H groups in total. The lowest BCUT2D eigenvalue weighted by Crippen LogP contribution is -2.36. The molecular formula is C14H28N2O. The van der Waals surface area contributed by atoms with E-state index in [1.165, 1.54) is 51.9 Å². The minimum Gasteiger partial charge on any atom is -0.381 e. The van der Waals surface area contributed by atoms with Crippen LogP contribution in [0.2, 0.25) is 0 Å². The van der Waals surface area contributed by atoms with Crippen molar-refractivity contribution in [2.45, 2.75) is 32.6 Å². The summed E-state index contributed by atoms with van der Waals surface area (Å²) >= 11 is 0. The van der Waals surface area contributed by atoms with Crippen LogP contribution in [0.5, 0.6) is 0 Å². The van der Waals surface area contributed by atoms with Crippen LogP contribution in [0.15, 0.2) is 0 Å². The maximum Gasteiger partial charge on any atom is 0.0468 e. The van der Waals surface area contributed by atoms with E-state index in [0.29, 0.717) is 5.41 Å². The Labute approximate surface area is 106 Å². The molecule has 0 amide bonds. The van der Waals surface area contributed by atoms with E-state index in [-0.39, 0.29) is 0 Å². The van der Waals surface area contributed by atoms with Gasteiger partial charge in [0.05, 0.1) is 0 Å². The van der Waals surface area contributed by atoms with Gasteiger partial charge < -0.3 is 15.0 Å². The maximum absolute atomic E-state index is 5.41.